The molecule has 3 nitrogen and oxygen atoms in total. The Bertz CT molecular complexity index is 626. The van der Waals surface area contributed by atoms with E-state index in [1.807, 2.05) is 6.07 Å². The van der Waals surface area contributed by atoms with E-state index in [0.717, 1.165) is 5.56 Å². The zero-order valence-electron chi connectivity index (χ0n) is 12.3. The minimum absolute atomic E-state index is 0.0000214. The average molecular weight is 353 g/mol. The van der Waals surface area contributed by atoms with Crippen LogP contribution in [0.2, 0.25) is 0 Å². The van der Waals surface area contributed by atoms with Gasteiger partial charge in [-0.2, -0.15) is 0 Å². The molecule has 0 amide bonds. The molecular weight excluding hydrogens is 335 g/mol. The van der Waals surface area contributed by atoms with Gasteiger partial charge in [-0.15, -0.1) is 0 Å². The van der Waals surface area contributed by atoms with Crippen LogP contribution in [-0.2, 0) is 6.54 Å². The standard InChI is InChI=1S/C16H18BrFN2O/c1-16(2,3)20-9-11-6-7-19-10-15(11)21-14-8-12(18)4-5-13(14)17/h4-8,10,20H,9H2,1-3H3. The Morgan fingerprint density at radius 3 is 2.71 bits per heavy atom. The molecule has 0 bridgehead atoms. The second-order valence-corrected chi connectivity index (χ2v) is 6.62. The van der Waals surface area contributed by atoms with Crippen molar-refractivity contribution in [2.24, 2.45) is 0 Å². The summed E-state index contributed by atoms with van der Waals surface area (Å²) in [6, 6.07) is 6.23. The van der Waals surface area contributed by atoms with E-state index in [1.54, 1.807) is 18.5 Å². The fourth-order valence-electron chi connectivity index (χ4n) is 1.68. The maximum Gasteiger partial charge on any atom is 0.150 e. The zero-order chi connectivity index (χ0) is 15.5. The Balaban J connectivity index is 2.22. The van der Waals surface area contributed by atoms with Crippen molar-refractivity contribution in [3.05, 3.63) is 52.5 Å². The third-order valence-corrected chi connectivity index (χ3v) is 3.45. The van der Waals surface area contributed by atoms with Crippen LogP contribution in [0, 0.1) is 5.82 Å². The van der Waals surface area contributed by atoms with Crippen molar-refractivity contribution in [3.8, 4) is 11.5 Å². The van der Waals surface area contributed by atoms with Crippen LogP contribution >= 0.6 is 15.9 Å². The maximum absolute atomic E-state index is 13.3. The Morgan fingerprint density at radius 1 is 1.24 bits per heavy atom. The molecule has 1 N–H and O–H groups in total. The van der Waals surface area contributed by atoms with Crippen LogP contribution in [0.1, 0.15) is 26.3 Å². The lowest BCUT2D eigenvalue weighted by atomic mass is 10.1. The summed E-state index contributed by atoms with van der Waals surface area (Å²) in [6.45, 7) is 6.93. The molecule has 0 atom stereocenters. The number of rotatable bonds is 4. The van der Waals surface area contributed by atoms with E-state index in [2.05, 4.69) is 47.0 Å². The highest BCUT2D eigenvalue weighted by molar-refractivity contribution is 9.10. The molecule has 0 unspecified atom stereocenters. The molecule has 0 radical (unpaired) electrons. The van der Waals surface area contributed by atoms with Gasteiger partial charge in [0.15, 0.2) is 0 Å². The summed E-state index contributed by atoms with van der Waals surface area (Å²) in [4.78, 5) is 4.08. The molecule has 21 heavy (non-hydrogen) atoms. The van der Waals surface area contributed by atoms with E-state index < -0.39 is 0 Å². The SMILES string of the molecule is CC(C)(C)NCc1ccncc1Oc1cc(F)ccc1Br. The van der Waals surface area contributed by atoms with Crippen molar-refractivity contribution in [2.45, 2.75) is 32.9 Å². The van der Waals surface area contributed by atoms with Gasteiger partial charge in [-0.3, -0.25) is 4.98 Å². The smallest absolute Gasteiger partial charge is 0.150 e. The van der Waals surface area contributed by atoms with Gasteiger partial charge < -0.3 is 10.1 Å². The lowest BCUT2D eigenvalue weighted by Crippen LogP contribution is -2.35. The summed E-state index contributed by atoms with van der Waals surface area (Å²) in [5.74, 6) is 0.701. The van der Waals surface area contributed by atoms with E-state index in [4.69, 9.17) is 4.74 Å². The second-order valence-electron chi connectivity index (χ2n) is 5.76. The number of hydrogen-bond donors (Lipinski definition) is 1. The van der Waals surface area contributed by atoms with Crippen LogP contribution in [0.5, 0.6) is 11.5 Å². The molecule has 2 aromatic rings. The van der Waals surface area contributed by atoms with Crippen molar-refractivity contribution in [1.29, 1.82) is 0 Å². The van der Waals surface area contributed by atoms with E-state index in [0.29, 0.717) is 22.5 Å². The molecule has 1 aromatic heterocycles. The van der Waals surface area contributed by atoms with Crippen LogP contribution < -0.4 is 10.1 Å². The molecule has 112 valence electrons. The first-order chi connectivity index (χ1) is 9.85. The lowest BCUT2D eigenvalue weighted by molar-refractivity contribution is 0.412. The topological polar surface area (TPSA) is 34.2 Å². The number of pyridine rings is 1. The summed E-state index contributed by atoms with van der Waals surface area (Å²) >= 11 is 3.36. The Labute approximate surface area is 132 Å². The predicted molar refractivity (Wildman–Crippen MR) is 85.0 cm³/mol. The first-order valence-electron chi connectivity index (χ1n) is 6.66. The Hall–Kier alpha value is -1.46. The minimum atomic E-state index is -0.341. The summed E-state index contributed by atoms with van der Waals surface area (Å²) in [5.41, 5.74) is 0.969. The third-order valence-electron chi connectivity index (χ3n) is 2.79. The second kappa shape index (κ2) is 6.54. The number of hydrogen-bond acceptors (Lipinski definition) is 3. The van der Waals surface area contributed by atoms with Gasteiger partial charge in [0.25, 0.3) is 0 Å². The molecular formula is C16H18BrFN2O. The first kappa shape index (κ1) is 15.9. The largest absolute Gasteiger partial charge is 0.454 e. The molecule has 0 fully saturated rings. The van der Waals surface area contributed by atoms with Crippen LogP contribution in [0.15, 0.2) is 41.1 Å². The number of nitrogens with one attached hydrogen (secondary N) is 1. The molecule has 0 aliphatic carbocycles. The molecule has 5 heteroatoms. The van der Waals surface area contributed by atoms with E-state index in [-0.39, 0.29) is 11.4 Å². The summed E-state index contributed by atoms with van der Waals surface area (Å²) in [5, 5.41) is 3.40. The Morgan fingerprint density at radius 2 is 2.00 bits per heavy atom. The molecule has 1 aromatic carbocycles. The van der Waals surface area contributed by atoms with Crippen molar-refractivity contribution >= 4 is 15.9 Å². The fraction of sp³-hybridized carbons (Fsp3) is 0.312. The molecule has 0 saturated heterocycles. The van der Waals surface area contributed by atoms with E-state index >= 15 is 0 Å². The van der Waals surface area contributed by atoms with Gasteiger partial charge in [0, 0.05) is 29.9 Å². The number of aromatic nitrogens is 1. The number of benzene rings is 1. The molecule has 0 saturated carbocycles. The summed E-state index contributed by atoms with van der Waals surface area (Å²) in [6.07, 6.45) is 3.35. The molecule has 1 heterocycles. The van der Waals surface area contributed by atoms with Gasteiger partial charge in [-0.1, -0.05) is 0 Å². The number of ether oxygens (including phenoxy) is 1. The summed E-state index contributed by atoms with van der Waals surface area (Å²) < 4.78 is 19.8. The number of halogens is 2. The van der Waals surface area contributed by atoms with Crippen molar-refractivity contribution < 1.29 is 9.13 Å². The Kier molecular flexibility index (Phi) is 4.96. The van der Waals surface area contributed by atoms with Crippen LogP contribution in [-0.4, -0.2) is 10.5 Å². The highest BCUT2D eigenvalue weighted by Crippen LogP contribution is 2.31. The highest BCUT2D eigenvalue weighted by atomic mass is 79.9. The van der Waals surface area contributed by atoms with Gasteiger partial charge in [-0.25, -0.2) is 4.39 Å². The van der Waals surface area contributed by atoms with Gasteiger partial charge in [0.1, 0.15) is 17.3 Å². The van der Waals surface area contributed by atoms with Crippen LogP contribution in [0.25, 0.3) is 0 Å². The van der Waals surface area contributed by atoms with Crippen molar-refractivity contribution in [3.63, 3.8) is 0 Å². The molecule has 0 aliphatic rings. The van der Waals surface area contributed by atoms with E-state index in [9.17, 15) is 4.39 Å². The van der Waals surface area contributed by atoms with Crippen molar-refractivity contribution in [1.82, 2.24) is 10.3 Å². The van der Waals surface area contributed by atoms with Crippen LogP contribution in [0.3, 0.4) is 0 Å². The average Bonchev–Trinajstić information content (AvgIpc) is 2.41. The van der Waals surface area contributed by atoms with E-state index in [1.165, 1.54) is 12.1 Å². The van der Waals surface area contributed by atoms with Crippen molar-refractivity contribution in [2.75, 3.05) is 0 Å². The summed E-state index contributed by atoms with van der Waals surface area (Å²) in [7, 11) is 0. The first-order valence-corrected chi connectivity index (χ1v) is 7.45. The quantitative estimate of drug-likeness (QED) is 0.868. The minimum Gasteiger partial charge on any atom is -0.454 e. The van der Waals surface area contributed by atoms with Gasteiger partial charge in [0.05, 0.1) is 10.7 Å². The zero-order valence-corrected chi connectivity index (χ0v) is 13.9. The fourth-order valence-corrected chi connectivity index (χ4v) is 2.01. The normalized spacial score (nSPS) is 11.5. The monoisotopic (exact) mass is 352 g/mol. The molecule has 0 spiro atoms. The lowest BCUT2D eigenvalue weighted by Gasteiger charge is -2.21. The predicted octanol–water partition coefficient (Wildman–Crippen LogP) is 4.66. The highest BCUT2D eigenvalue weighted by Gasteiger charge is 2.12. The van der Waals surface area contributed by atoms with Gasteiger partial charge >= 0.3 is 0 Å². The number of nitrogens with zero attached hydrogens (tertiary/aromatic N) is 1. The third kappa shape index (κ3) is 4.79. The van der Waals surface area contributed by atoms with Gasteiger partial charge in [-0.05, 0) is 54.9 Å². The van der Waals surface area contributed by atoms with Gasteiger partial charge in [0.2, 0.25) is 0 Å². The molecule has 0 aliphatic heterocycles. The van der Waals surface area contributed by atoms with Crippen LogP contribution in [0.4, 0.5) is 4.39 Å². The maximum atomic E-state index is 13.3. The molecule has 2 rings (SSSR count).